The SMILES string of the molecule is C[C@@H]([C@H]1CC[C@H]2[C@@H]3CC[C@@H]4CC(C)(C)CC[C@]4(C)[C@H]3CC[C@]12C)[C@H](O)C(F)(F)F. The normalized spacial score (nSPS) is 48.9. The molecule has 0 bridgehead atoms. The molecular formula is C25H41F3O. The predicted molar refractivity (Wildman–Crippen MR) is 110 cm³/mol. The zero-order chi connectivity index (χ0) is 21.4. The Labute approximate surface area is 175 Å². The average Bonchev–Trinajstić information content (AvgIpc) is 2.97. The molecule has 1 N–H and O–H groups in total. The molecular weight excluding hydrogens is 373 g/mol. The number of fused-ring (bicyclic) bond motifs is 5. The van der Waals surface area contributed by atoms with E-state index in [1.54, 1.807) is 6.92 Å². The minimum Gasteiger partial charge on any atom is -0.383 e. The summed E-state index contributed by atoms with van der Waals surface area (Å²) in [6.45, 7) is 11.3. The highest BCUT2D eigenvalue weighted by Gasteiger charge is 2.62. The summed E-state index contributed by atoms with van der Waals surface area (Å²) in [6, 6.07) is 0. The number of aliphatic hydroxyl groups excluding tert-OH is 1. The van der Waals surface area contributed by atoms with Crippen LogP contribution in [0.1, 0.15) is 92.4 Å². The minimum atomic E-state index is -4.51. The molecule has 168 valence electrons. The largest absolute Gasteiger partial charge is 0.414 e. The molecule has 0 saturated heterocycles. The number of halogens is 3. The Balaban J connectivity index is 1.55. The molecule has 0 aromatic heterocycles. The van der Waals surface area contributed by atoms with Crippen molar-refractivity contribution in [1.29, 1.82) is 0 Å². The average molecular weight is 415 g/mol. The van der Waals surface area contributed by atoms with Crippen LogP contribution in [-0.2, 0) is 0 Å². The Morgan fingerprint density at radius 2 is 1.48 bits per heavy atom. The Bertz CT molecular complexity index is 628. The van der Waals surface area contributed by atoms with E-state index in [1.807, 2.05) is 0 Å². The van der Waals surface area contributed by atoms with Crippen LogP contribution in [0.3, 0.4) is 0 Å². The van der Waals surface area contributed by atoms with Crippen LogP contribution >= 0.6 is 0 Å². The Morgan fingerprint density at radius 3 is 2.14 bits per heavy atom. The Hall–Kier alpha value is -0.250. The van der Waals surface area contributed by atoms with Crippen molar-refractivity contribution in [3.8, 4) is 0 Å². The third kappa shape index (κ3) is 3.38. The third-order valence-electron chi connectivity index (χ3n) is 10.7. The van der Waals surface area contributed by atoms with Crippen molar-refractivity contribution in [3.63, 3.8) is 0 Å². The van der Waals surface area contributed by atoms with Crippen LogP contribution in [0.5, 0.6) is 0 Å². The Morgan fingerprint density at radius 1 is 0.828 bits per heavy atom. The standard InChI is InChI=1S/C25H41F3O/c1-15(21(29)25(26,27)28)18-8-9-19-17-7-6-16-14-22(2,3)12-13-23(16,4)20(17)10-11-24(18,19)5/h15-21,29H,6-14H2,1-5H3/t15-,16+,17-,18+,19-,20-,21-,23-,24+/m0/s1. The lowest BCUT2D eigenvalue weighted by Gasteiger charge is -2.62. The Kier molecular flexibility index (Phi) is 5.21. The second kappa shape index (κ2) is 6.87. The quantitative estimate of drug-likeness (QED) is 0.505. The first-order chi connectivity index (χ1) is 13.3. The van der Waals surface area contributed by atoms with Crippen LogP contribution in [0.2, 0.25) is 0 Å². The molecule has 0 amide bonds. The van der Waals surface area contributed by atoms with Crippen molar-refractivity contribution in [1.82, 2.24) is 0 Å². The van der Waals surface area contributed by atoms with Gasteiger partial charge in [0.05, 0.1) is 0 Å². The number of rotatable bonds is 2. The van der Waals surface area contributed by atoms with Crippen molar-refractivity contribution in [2.24, 2.45) is 51.8 Å². The van der Waals surface area contributed by atoms with E-state index in [-0.39, 0.29) is 11.3 Å². The zero-order valence-electron chi connectivity index (χ0n) is 19.0. The van der Waals surface area contributed by atoms with Crippen LogP contribution in [0.15, 0.2) is 0 Å². The van der Waals surface area contributed by atoms with Crippen molar-refractivity contribution in [2.75, 3.05) is 0 Å². The molecule has 0 radical (unpaired) electrons. The molecule has 0 spiro atoms. The second-order valence-electron chi connectivity index (χ2n) is 12.6. The first-order valence-electron chi connectivity index (χ1n) is 12.0. The topological polar surface area (TPSA) is 20.2 Å². The highest BCUT2D eigenvalue weighted by Crippen LogP contribution is 2.69. The van der Waals surface area contributed by atoms with Gasteiger partial charge in [0.25, 0.3) is 0 Å². The fraction of sp³-hybridized carbons (Fsp3) is 1.00. The van der Waals surface area contributed by atoms with Crippen LogP contribution in [-0.4, -0.2) is 17.4 Å². The smallest absolute Gasteiger partial charge is 0.383 e. The minimum absolute atomic E-state index is 0.0131. The van der Waals surface area contributed by atoms with Crippen LogP contribution in [0.4, 0.5) is 13.2 Å². The van der Waals surface area contributed by atoms with E-state index >= 15 is 0 Å². The van der Waals surface area contributed by atoms with Gasteiger partial charge in [-0.3, -0.25) is 0 Å². The molecule has 0 aromatic rings. The number of aliphatic hydroxyl groups is 1. The maximum atomic E-state index is 13.2. The molecule has 4 heteroatoms. The maximum absolute atomic E-state index is 13.2. The monoisotopic (exact) mass is 414 g/mol. The summed E-state index contributed by atoms with van der Waals surface area (Å²) in [5.74, 6) is 2.07. The fourth-order valence-electron chi connectivity index (χ4n) is 9.06. The lowest BCUT2D eigenvalue weighted by molar-refractivity contribution is -0.228. The molecule has 0 aromatic carbocycles. The van der Waals surface area contributed by atoms with E-state index in [4.69, 9.17) is 0 Å². The summed E-state index contributed by atoms with van der Waals surface area (Å²) >= 11 is 0. The maximum Gasteiger partial charge on any atom is 0.414 e. The summed E-state index contributed by atoms with van der Waals surface area (Å²) < 4.78 is 39.7. The van der Waals surface area contributed by atoms with Crippen LogP contribution in [0, 0.1) is 51.8 Å². The lowest BCUT2D eigenvalue weighted by Crippen LogP contribution is -2.55. The third-order valence-corrected chi connectivity index (χ3v) is 10.7. The molecule has 4 saturated carbocycles. The van der Waals surface area contributed by atoms with E-state index in [2.05, 4.69) is 27.7 Å². The van der Waals surface area contributed by atoms with Gasteiger partial charge in [0.15, 0.2) is 6.10 Å². The van der Waals surface area contributed by atoms with E-state index in [0.717, 1.165) is 31.1 Å². The van der Waals surface area contributed by atoms with Gasteiger partial charge in [0.2, 0.25) is 0 Å². The molecule has 1 nitrogen and oxygen atoms in total. The summed E-state index contributed by atoms with van der Waals surface area (Å²) in [7, 11) is 0. The molecule has 4 rings (SSSR count). The van der Waals surface area contributed by atoms with Crippen LogP contribution < -0.4 is 0 Å². The summed E-state index contributed by atoms with van der Waals surface area (Å²) in [4.78, 5) is 0. The van der Waals surface area contributed by atoms with Crippen molar-refractivity contribution >= 4 is 0 Å². The first-order valence-corrected chi connectivity index (χ1v) is 12.0. The highest BCUT2D eigenvalue weighted by molar-refractivity contribution is 5.10. The second-order valence-corrected chi connectivity index (χ2v) is 12.6. The van der Waals surface area contributed by atoms with Gasteiger partial charge in [0.1, 0.15) is 0 Å². The van der Waals surface area contributed by atoms with Gasteiger partial charge in [-0.1, -0.05) is 34.6 Å². The number of alkyl halides is 3. The predicted octanol–water partition coefficient (Wildman–Crippen LogP) is 7.23. The zero-order valence-corrected chi connectivity index (χ0v) is 19.0. The molecule has 0 unspecified atom stereocenters. The van der Waals surface area contributed by atoms with E-state index < -0.39 is 18.2 Å². The summed E-state index contributed by atoms with van der Waals surface area (Å²) in [5, 5.41) is 9.97. The van der Waals surface area contributed by atoms with Gasteiger partial charge >= 0.3 is 6.18 Å². The molecule has 4 aliphatic carbocycles. The number of hydrogen-bond donors (Lipinski definition) is 1. The molecule has 9 atom stereocenters. The lowest BCUT2D eigenvalue weighted by atomic mass is 9.43. The molecule has 4 fully saturated rings. The molecule has 29 heavy (non-hydrogen) atoms. The molecule has 0 aliphatic heterocycles. The first kappa shape index (κ1) is 22.0. The van der Waals surface area contributed by atoms with Crippen molar-refractivity contribution < 1.29 is 18.3 Å². The molecule has 0 heterocycles. The van der Waals surface area contributed by atoms with Gasteiger partial charge < -0.3 is 5.11 Å². The van der Waals surface area contributed by atoms with Gasteiger partial charge in [-0.15, -0.1) is 0 Å². The van der Waals surface area contributed by atoms with Gasteiger partial charge in [-0.05, 0) is 110 Å². The van der Waals surface area contributed by atoms with Gasteiger partial charge in [0, 0.05) is 0 Å². The van der Waals surface area contributed by atoms with Crippen molar-refractivity contribution in [2.45, 2.75) is 105 Å². The van der Waals surface area contributed by atoms with Crippen LogP contribution in [0.25, 0.3) is 0 Å². The fourth-order valence-corrected chi connectivity index (χ4v) is 9.06. The summed E-state index contributed by atoms with van der Waals surface area (Å²) in [5.41, 5.74) is 0.848. The summed E-state index contributed by atoms with van der Waals surface area (Å²) in [6.07, 6.45) is 3.98. The van der Waals surface area contributed by atoms with Gasteiger partial charge in [-0.25, -0.2) is 0 Å². The van der Waals surface area contributed by atoms with Crippen molar-refractivity contribution in [3.05, 3.63) is 0 Å². The highest BCUT2D eigenvalue weighted by atomic mass is 19.4. The van der Waals surface area contributed by atoms with Gasteiger partial charge in [-0.2, -0.15) is 13.2 Å². The molecule has 4 aliphatic rings. The number of hydrogen-bond acceptors (Lipinski definition) is 1. The van der Waals surface area contributed by atoms with E-state index in [0.29, 0.717) is 22.7 Å². The van der Waals surface area contributed by atoms with E-state index in [9.17, 15) is 18.3 Å². The van der Waals surface area contributed by atoms with E-state index in [1.165, 1.54) is 38.5 Å².